The van der Waals surface area contributed by atoms with E-state index < -0.39 is 4.92 Å². The van der Waals surface area contributed by atoms with E-state index in [1.807, 2.05) is 0 Å². The lowest BCUT2D eigenvalue weighted by molar-refractivity contribution is -0.384. The summed E-state index contributed by atoms with van der Waals surface area (Å²) in [7, 11) is 0. The maximum absolute atomic E-state index is 10.7. The maximum Gasteiger partial charge on any atom is 0.271 e. The molecule has 0 atom stereocenters. The SMILES string of the molecule is CCCCCCc1nc2cc([N+](=O)[O-])ccc2[nH]1. The Bertz CT molecular complexity index is 548. The molecule has 0 aliphatic carbocycles. The number of aryl methyl sites for hydroxylation is 1. The number of hydrogen-bond acceptors (Lipinski definition) is 3. The van der Waals surface area contributed by atoms with Gasteiger partial charge in [-0.05, 0) is 12.5 Å². The van der Waals surface area contributed by atoms with Gasteiger partial charge < -0.3 is 4.98 Å². The first-order valence-electron chi connectivity index (χ1n) is 6.33. The topological polar surface area (TPSA) is 71.8 Å². The summed E-state index contributed by atoms with van der Waals surface area (Å²) in [6.07, 6.45) is 5.67. The van der Waals surface area contributed by atoms with Crippen molar-refractivity contribution in [2.45, 2.75) is 39.0 Å². The van der Waals surface area contributed by atoms with E-state index in [9.17, 15) is 10.1 Å². The average Bonchev–Trinajstić information content (AvgIpc) is 2.76. The number of nitro benzene ring substituents is 1. The summed E-state index contributed by atoms with van der Waals surface area (Å²) in [6, 6.07) is 4.73. The van der Waals surface area contributed by atoms with Crippen molar-refractivity contribution in [2.24, 2.45) is 0 Å². The van der Waals surface area contributed by atoms with Crippen LogP contribution in [0.25, 0.3) is 11.0 Å². The molecule has 0 unspecified atom stereocenters. The smallest absolute Gasteiger partial charge is 0.271 e. The molecule has 2 aromatic rings. The lowest BCUT2D eigenvalue weighted by Crippen LogP contribution is -1.88. The molecule has 2 rings (SSSR count). The van der Waals surface area contributed by atoms with Gasteiger partial charge in [0.05, 0.1) is 16.0 Å². The van der Waals surface area contributed by atoms with E-state index in [-0.39, 0.29) is 5.69 Å². The normalized spacial score (nSPS) is 10.9. The summed E-state index contributed by atoms with van der Waals surface area (Å²) < 4.78 is 0. The van der Waals surface area contributed by atoms with Gasteiger partial charge in [0.1, 0.15) is 5.82 Å². The van der Waals surface area contributed by atoms with Gasteiger partial charge in [-0.1, -0.05) is 26.2 Å². The van der Waals surface area contributed by atoms with Crippen molar-refractivity contribution in [3.05, 3.63) is 34.1 Å². The summed E-state index contributed by atoms with van der Waals surface area (Å²) >= 11 is 0. The third kappa shape index (κ3) is 2.85. The van der Waals surface area contributed by atoms with Gasteiger partial charge in [-0.3, -0.25) is 10.1 Å². The van der Waals surface area contributed by atoms with Crippen LogP contribution in [0.15, 0.2) is 18.2 Å². The van der Waals surface area contributed by atoms with Crippen molar-refractivity contribution in [1.82, 2.24) is 9.97 Å². The minimum atomic E-state index is -0.394. The minimum absolute atomic E-state index is 0.0894. The first kappa shape index (κ1) is 12.5. The third-order valence-electron chi connectivity index (χ3n) is 2.99. The molecule has 96 valence electrons. The van der Waals surface area contributed by atoms with E-state index in [0.29, 0.717) is 5.52 Å². The number of non-ortho nitro benzene ring substituents is 1. The highest BCUT2D eigenvalue weighted by Gasteiger charge is 2.09. The van der Waals surface area contributed by atoms with Crippen LogP contribution in [-0.4, -0.2) is 14.9 Å². The van der Waals surface area contributed by atoms with Crippen LogP contribution in [0.3, 0.4) is 0 Å². The Morgan fingerprint density at radius 1 is 1.33 bits per heavy atom. The molecule has 1 N–H and O–H groups in total. The number of benzene rings is 1. The first-order valence-corrected chi connectivity index (χ1v) is 6.33. The molecule has 1 aromatic heterocycles. The molecule has 5 nitrogen and oxygen atoms in total. The maximum atomic E-state index is 10.7. The van der Waals surface area contributed by atoms with E-state index >= 15 is 0 Å². The van der Waals surface area contributed by atoms with Crippen LogP contribution in [0.5, 0.6) is 0 Å². The van der Waals surface area contributed by atoms with E-state index in [1.165, 1.54) is 31.4 Å². The van der Waals surface area contributed by atoms with E-state index in [1.54, 1.807) is 6.07 Å². The van der Waals surface area contributed by atoms with Gasteiger partial charge >= 0.3 is 0 Å². The molecule has 1 aromatic carbocycles. The third-order valence-corrected chi connectivity index (χ3v) is 2.99. The molecule has 18 heavy (non-hydrogen) atoms. The molecule has 1 heterocycles. The molecule has 0 bridgehead atoms. The van der Waals surface area contributed by atoms with Gasteiger partial charge in [0.25, 0.3) is 5.69 Å². The van der Waals surface area contributed by atoms with Crippen LogP contribution in [0.2, 0.25) is 0 Å². The van der Waals surface area contributed by atoms with Crippen LogP contribution in [0.4, 0.5) is 5.69 Å². The Morgan fingerprint density at radius 3 is 2.89 bits per heavy atom. The minimum Gasteiger partial charge on any atom is -0.342 e. The number of hydrogen-bond donors (Lipinski definition) is 1. The fourth-order valence-electron chi connectivity index (χ4n) is 2.00. The largest absolute Gasteiger partial charge is 0.342 e. The number of H-pyrrole nitrogens is 1. The number of aromatic nitrogens is 2. The van der Waals surface area contributed by atoms with Gasteiger partial charge in [0.15, 0.2) is 0 Å². The van der Waals surface area contributed by atoms with Gasteiger partial charge in [0, 0.05) is 18.6 Å². The Kier molecular flexibility index (Phi) is 3.92. The monoisotopic (exact) mass is 247 g/mol. The van der Waals surface area contributed by atoms with E-state index in [0.717, 1.165) is 24.2 Å². The quantitative estimate of drug-likeness (QED) is 0.481. The number of imidazole rings is 1. The molecular formula is C13H17N3O2. The molecule has 0 radical (unpaired) electrons. The fourth-order valence-corrected chi connectivity index (χ4v) is 2.00. The highest BCUT2D eigenvalue weighted by molar-refractivity contribution is 5.77. The van der Waals surface area contributed by atoms with Crippen LogP contribution in [-0.2, 0) is 6.42 Å². The zero-order chi connectivity index (χ0) is 13.0. The second-order valence-electron chi connectivity index (χ2n) is 4.45. The first-order chi connectivity index (χ1) is 8.70. The summed E-state index contributed by atoms with van der Waals surface area (Å²) in [5, 5.41) is 10.7. The van der Waals surface area contributed by atoms with Crippen molar-refractivity contribution in [2.75, 3.05) is 0 Å². The zero-order valence-electron chi connectivity index (χ0n) is 10.5. The van der Waals surface area contributed by atoms with Crippen molar-refractivity contribution >= 4 is 16.7 Å². The number of aromatic amines is 1. The molecule has 0 aliphatic rings. The molecule has 0 fully saturated rings. The van der Waals surface area contributed by atoms with Crippen molar-refractivity contribution in [3.63, 3.8) is 0 Å². The molecule has 0 aliphatic heterocycles. The molecule has 5 heteroatoms. The Morgan fingerprint density at radius 2 is 2.17 bits per heavy atom. The highest BCUT2D eigenvalue weighted by atomic mass is 16.6. The highest BCUT2D eigenvalue weighted by Crippen LogP contribution is 2.19. The summed E-state index contributed by atoms with van der Waals surface area (Å²) in [4.78, 5) is 17.9. The van der Waals surface area contributed by atoms with Crippen LogP contribution in [0, 0.1) is 10.1 Å². The second-order valence-corrected chi connectivity index (χ2v) is 4.45. The Balaban J connectivity index is 2.09. The standard InChI is InChI=1S/C13H17N3O2/c1-2-3-4-5-6-13-14-11-8-7-10(16(17)18)9-12(11)15-13/h7-9H,2-6H2,1H3,(H,14,15). The molecular weight excluding hydrogens is 230 g/mol. The second kappa shape index (κ2) is 5.62. The number of unbranched alkanes of at least 4 members (excludes halogenated alkanes) is 3. The van der Waals surface area contributed by atoms with Gasteiger partial charge in [-0.15, -0.1) is 0 Å². The lowest BCUT2D eigenvalue weighted by Gasteiger charge is -1.95. The van der Waals surface area contributed by atoms with Gasteiger partial charge in [0.2, 0.25) is 0 Å². The summed E-state index contributed by atoms with van der Waals surface area (Å²) in [5.41, 5.74) is 1.63. The summed E-state index contributed by atoms with van der Waals surface area (Å²) in [5.74, 6) is 0.918. The zero-order valence-corrected chi connectivity index (χ0v) is 10.5. The van der Waals surface area contributed by atoms with Gasteiger partial charge in [-0.25, -0.2) is 4.98 Å². The summed E-state index contributed by atoms with van der Waals surface area (Å²) in [6.45, 7) is 2.18. The molecule has 0 spiro atoms. The molecule has 0 amide bonds. The van der Waals surface area contributed by atoms with Gasteiger partial charge in [-0.2, -0.15) is 0 Å². The van der Waals surface area contributed by atoms with E-state index in [2.05, 4.69) is 16.9 Å². The van der Waals surface area contributed by atoms with Crippen LogP contribution in [0.1, 0.15) is 38.4 Å². The van der Waals surface area contributed by atoms with E-state index in [4.69, 9.17) is 0 Å². The predicted octanol–water partition coefficient (Wildman–Crippen LogP) is 3.59. The lowest BCUT2D eigenvalue weighted by atomic mass is 10.1. The number of fused-ring (bicyclic) bond motifs is 1. The average molecular weight is 247 g/mol. The van der Waals surface area contributed by atoms with Crippen molar-refractivity contribution in [3.8, 4) is 0 Å². The fraction of sp³-hybridized carbons (Fsp3) is 0.462. The van der Waals surface area contributed by atoms with Crippen LogP contribution >= 0.6 is 0 Å². The van der Waals surface area contributed by atoms with Crippen LogP contribution < -0.4 is 0 Å². The Labute approximate surface area is 105 Å². The van der Waals surface area contributed by atoms with Crippen molar-refractivity contribution in [1.29, 1.82) is 0 Å². The number of nitrogens with zero attached hydrogens (tertiary/aromatic N) is 2. The number of nitro groups is 1. The predicted molar refractivity (Wildman–Crippen MR) is 70.6 cm³/mol. The number of nitrogens with one attached hydrogen (secondary N) is 1. The van der Waals surface area contributed by atoms with Crippen molar-refractivity contribution < 1.29 is 4.92 Å². The molecule has 0 saturated heterocycles. The number of rotatable bonds is 6. The molecule has 0 saturated carbocycles. The Hall–Kier alpha value is -1.91.